The predicted molar refractivity (Wildman–Crippen MR) is 187 cm³/mol. The summed E-state index contributed by atoms with van der Waals surface area (Å²) in [6.07, 6.45) is 4.11. The first kappa shape index (κ1) is 30.6. The molecule has 8 rings (SSSR count). The quantitative estimate of drug-likeness (QED) is 0.154. The summed E-state index contributed by atoms with van der Waals surface area (Å²) >= 11 is 0. The maximum atomic E-state index is 6.39. The van der Waals surface area contributed by atoms with Gasteiger partial charge in [0.1, 0.15) is 23.9 Å². The average Bonchev–Trinajstić information content (AvgIpc) is 3.91. The molecule has 3 aliphatic heterocycles. The first-order valence-electron chi connectivity index (χ1n) is 17.2. The van der Waals surface area contributed by atoms with Crippen LogP contribution >= 0.6 is 0 Å². The SMILES string of the molecule is CO[C@H]1[C@H](OC)[C@H](c2ccc3[nH]c([C@@H]4CCCN4)nc3c2)N(c2ccc(C(C)(C)C)cc2)[C@H]1c1ccc2[nH]c([C@@H]3CCCN3)nc2c1. The van der Waals surface area contributed by atoms with E-state index in [1.54, 1.807) is 0 Å². The highest BCUT2D eigenvalue weighted by molar-refractivity contribution is 5.78. The molecule has 0 amide bonds. The molecule has 4 N–H and O–H groups in total. The van der Waals surface area contributed by atoms with Crippen LogP contribution in [-0.2, 0) is 14.9 Å². The molecular weight excluding hydrogens is 586 g/mol. The monoisotopic (exact) mass is 633 g/mol. The number of benzene rings is 3. The Morgan fingerprint density at radius 1 is 0.681 bits per heavy atom. The number of aromatic nitrogens is 4. The Hall–Kier alpha value is -3.76. The van der Waals surface area contributed by atoms with E-state index in [9.17, 15) is 0 Å². The summed E-state index contributed by atoms with van der Waals surface area (Å²) in [5.41, 5.74) is 8.87. The number of nitrogens with zero attached hydrogens (tertiary/aromatic N) is 3. The third-order valence-corrected chi connectivity index (χ3v) is 10.6. The van der Waals surface area contributed by atoms with E-state index in [0.717, 1.165) is 76.5 Å². The lowest BCUT2D eigenvalue weighted by Gasteiger charge is -2.34. The second kappa shape index (κ2) is 12.0. The Labute approximate surface area is 276 Å². The smallest absolute Gasteiger partial charge is 0.124 e. The van der Waals surface area contributed by atoms with E-state index in [-0.39, 0.29) is 41.8 Å². The van der Waals surface area contributed by atoms with Gasteiger partial charge in [-0.15, -0.1) is 0 Å². The van der Waals surface area contributed by atoms with Crippen LogP contribution in [0, 0.1) is 0 Å². The summed E-state index contributed by atoms with van der Waals surface area (Å²) in [6.45, 7) is 8.85. The van der Waals surface area contributed by atoms with Crippen molar-refractivity contribution in [1.82, 2.24) is 30.6 Å². The number of nitrogens with one attached hydrogen (secondary N) is 4. The Morgan fingerprint density at radius 3 is 1.57 bits per heavy atom. The van der Waals surface area contributed by atoms with Crippen LogP contribution in [0.3, 0.4) is 0 Å². The van der Waals surface area contributed by atoms with Crippen molar-refractivity contribution in [3.8, 4) is 0 Å². The molecule has 6 atom stereocenters. The first-order valence-corrected chi connectivity index (χ1v) is 17.2. The molecule has 3 fully saturated rings. The number of ether oxygens (including phenoxy) is 2. The van der Waals surface area contributed by atoms with Crippen molar-refractivity contribution in [3.05, 3.63) is 89.0 Å². The second-order valence-corrected chi connectivity index (χ2v) is 14.6. The van der Waals surface area contributed by atoms with Gasteiger partial charge in [0.2, 0.25) is 0 Å². The summed E-state index contributed by atoms with van der Waals surface area (Å²) in [5.74, 6) is 2.04. The van der Waals surface area contributed by atoms with Crippen LogP contribution in [0.5, 0.6) is 0 Å². The van der Waals surface area contributed by atoms with Crippen molar-refractivity contribution in [3.63, 3.8) is 0 Å². The number of methoxy groups -OCH3 is 2. The molecule has 2 aromatic heterocycles. The fourth-order valence-electron chi connectivity index (χ4n) is 8.15. The summed E-state index contributed by atoms with van der Waals surface area (Å²) in [7, 11) is 3.61. The van der Waals surface area contributed by atoms with E-state index in [1.807, 2.05) is 14.2 Å². The molecule has 0 spiro atoms. The summed E-state index contributed by atoms with van der Waals surface area (Å²) in [6, 6.07) is 22.7. The van der Waals surface area contributed by atoms with E-state index in [1.165, 1.54) is 18.4 Å². The fourth-order valence-corrected chi connectivity index (χ4v) is 8.15. The average molecular weight is 634 g/mol. The molecule has 47 heavy (non-hydrogen) atoms. The Morgan fingerprint density at radius 2 is 1.17 bits per heavy atom. The third-order valence-electron chi connectivity index (χ3n) is 10.6. The topological polar surface area (TPSA) is 103 Å². The van der Waals surface area contributed by atoms with Gasteiger partial charge < -0.3 is 35.0 Å². The number of hydrogen-bond donors (Lipinski definition) is 4. The Kier molecular flexibility index (Phi) is 7.83. The Balaban J connectivity index is 1.25. The third kappa shape index (κ3) is 5.43. The van der Waals surface area contributed by atoms with Gasteiger partial charge in [0.15, 0.2) is 0 Å². The Bertz CT molecular complexity index is 1750. The molecule has 5 aromatic rings. The summed E-state index contributed by atoms with van der Waals surface area (Å²) < 4.78 is 12.8. The lowest BCUT2D eigenvalue weighted by atomic mass is 9.87. The number of fused-ring (bicyclic) bond motifs is 2. The number of rotatable bonds is 7. The van der Waals surface area contributed by atoms with Crippen LogP contribution in [0.25, 0.3) is 22.1 Å². The van der Waals surface area contributed by atoms with Crippen LogP contribution in [0.15, 0.2) is 60.7 Å². The minimum Gasteiger partial charge on any atom is -0.376 e. The molecule has 0 unspecified atom stereocenters. The lowest BCUT2D eigenvalue weighted by molar-refractivity contribution is -0.0287. The standard InChI is InChI=1S/C38H47N7O2/c1-38(2,3)24-12-14-25(15-13-24)45-32(22-10-16-26-30(20-22)43-36(41-26)28-8-6-18-39-28)34(46-4)35(47-5)33(45)23-11-17-27-31(21-23)44-37(42-27)29-9-7-19-40-29/h10-17,20-21,28-29,32-35,39-40H,6-9,18-19H2,1-5H3,(H,41,43)(H,42,44)/t28-,29-,32-,33-,34+,35+/m0/s1. The van der Waals surface area contributed by atoms with Gasteiger partial charge in [0.05, 0.1) is 46.2 Å². The number of aromatic amines is 2. The predicted octanol–water partition coefficient (Wildman–Crippen LogP) is 6.92. The maximum absolute atomic E-state index is 6.39. The van der Waals surface area contributed by atoms with Crippen molar-refractivity contribution >= 4 is 27.8 Å². The van der Waals surface area contributed by atoms with Crippen LogP contribution in [0.2, 0.25) is 0 Å². The van der Waals surface area contributed by atoms with E-state index in [4.69, 9.17) is 19.4 Å². The van der Waals surface area contributed by atoms with Gasteiger partial charge >= 0.3 is 0 Å². The van der Waals surface area contributed by atoms with Gasteiger partial charge in [0, 0.05) is 19.9 Å². The van der Waals surface area contributed by atoms with Crippen molar-refractivity contribution in [2.24, 2.45) is 0 Å². The molecular formula is C38H47N7O2. The van der Waals surface area contributed by atoms with Crippen LogP contribution in [0.4, 0.5) is 5.69 Å². The number of H-pyrrole nitrogens is 2. The number of anilines is 1. The molecule has 3 aliphatic rings. The van der Waals surface area contributed by atoms with Gasteiger partial charge in [-0.3, -0.25) is 0 Å². The molecule has 9 nitrogen and oxygen atoms in total. The number of hydrogen-bond acceptors (Lipinski definition) is 7. The molecule has 246 valence electrons. The second-order valence-electron chi connectivity index (χ2n) is 14.6. The zero-order valence-electron chi connectivity index (χ0n) is 28.1. The molecule has 0 aliphatic carbocycles. The molecule has 0 radical (unpaired) electrons. The molecule has 9 heteroatoms. The highest BCUT2D eigenvalue weighted by Gasteiger charge is 2.51. The van der Waals surface area contributed by atoms with Crippen LogP contribution < -0.4 is 15.5 Å². The minimum atomic E-state index is -0.229. The van der Waals surface area contributed by atoms with Gasteiger partial charge in [-0.2, -0.15) is 0 Å². The van der Waals surface area contributed by atoms with E-state index >= 15 is 0 Å². The van der Waals surface area contributed by atoms with Gasteiger partial charge in [-0.25, -0.2) is 9.97 Å². The van der Waals surface area contributed by atoms with E-state index in [0.29, 0.717) is 0 Å². The van der Waals surface area contributed by atoms with Gasteiger partial charge in [0.25, 0.3) is 0 Å². The van der Waals surface area contributed by atoms with Gasteiger partial charge in [-0.1, -0.05) is 45.0 Å². The van der Waals surface area contributed by atoms with Gasteiger partial charge in [-0.05, 0) is 97.3 Å². The maximum Gasteiger partial charge on any atom is 0.124 e. The molecule has 3 saturated heterocycles. The van der Waals surface area contributed by atoms with E-state index < -0.39 is 0 Å². The molecule has 0 saturated carbocycles. The minimum absolute atomic E-state index is 0.0558. The van der Waals surface area contributed by atoms with Crippen molar-refractivity contribution in [2.45, 2.75) is 88.2 Å². The van der Waals surface area contributed by atoms with Crippen molar-refractivity contribution < 1.29 is 9.47 Å². The fraction of sp³-hybridized carbons (Fsp3) is 0.474. The zero-order valence-corrected chi connectivity index (χ0v) is 28.1. The van der Waals surface area contributed by atoms with Crippen LogP contribution in [0.1, 0.15) is 99.0 Å². The van der Waals surface area contributed by atoms with E-state index in [2.05, 4.69) is 107 Å². The lowest BCUT2D eigenvalue weighted by Crippen LogP contribution is -2.31. The number of imidazole rings is 2. The first-order chi connectivity index (χ1) is 22.8. The van der Waals surface area contributed by atoms with Crippen LogP contribution in [-0.4, -0.2) is 59.5 Å². The summed E-state index contributed by atoms with van der Waals surface area (Å²) in [5, 5.41) is 7.16. The highest BCUT2D eigenvalue weighted by atomic mass is 16.5. The van der Waals surface area contributed by atoms with Crippen molar-refractivity contribution in [1.29, 1.82) is 0 Å². The molecule has 5 heterocycles. The normalized spacial score (nSPS) is 26.7. The highest BCUT2D eigenvalue weighted by Crippen LogP contribution is 2.50. The largest absolute Gasteiger partial charge is 0.376 e. The molecule has 3 aromatic carbocycles. The zero-order chi connectivity index (χ0) is 32.3. The summed E-state index contributed by atoms with van der Waals surface area (Å²) in [4.78, 5) is 19.8. The molecule has 0 bridgehead atoms. The van der Waals surface area contributed by atoms with Crippen molar-refractivity contribution in [2.75, 3.05) is 32.2 Å².